The molecule has 0 saturated carbocycles. The summed E-state index contributed by atoms with van der Waals surface area (Å²) in [6.45, 7) is 12.5. The second-order valence-electron chi connectivity index (χ2n) is 6.22. The van der Waals surface area contributed by atoms with E-state index in [-0.39, 0.29) is 11.1 Å². The van der Waals surface area contributed by atoms with Crippen molar-refractivity contribution >= 4 is 0 Å². The van der Waals surface area contributed by atoms with Crippen molar-refractivity contribution in [2.75, 3.05) is 19.6 Å². The van der Waals surface area contributed by atoms with Crippen LogP contribution in [-0.4, -0.2) is 30.1 Å². The number of piperazine rings is 1. The Hall–Kier alpha value is -0.860. The molecule has 1 atom stereocenters. The number of hydrogen-bond donors (Lipinski definition) is 1. The Kier molecular flexibility index (Phi) is 3.28. The van der Waals surface area contributed by atoms with E-state index in [0.29, 0.717) is 0 Å². The van der Waals surface area contributed by atoms with Crippen molar-refractivity contribution < 1.29 is 0 Å². The minimum atomic E-state index is 0.0762. The third-order valence-corrected chi connectivity index (χ3v) is 3.76. The van der Waals surface area contributed by atoms with Gasteiger partial charge in [-0.05, 0) is 33.3 Å². The summed E-state index contributed by atoms with van der Waals surface area (Å²) in [5.74, 6) is 0. The van der Waals surface area contributed by atoms with Crippen LogP contribution in [0.25, 0.3) is 0 Å². The number of benzene rings is 1. The smallest absolute Gasteiger partial charge is 0.0535 e. The van der Waals surface area contributed by atoms with Crippen molar-refractivity contribution in [2.45, 2.75) is 38.8 Å². The average Bonchev–Trinajstić information content (AvgIpc) is 2.29. The lowest BCUT2D eigenvalue weighted by molar-refractivity contribution is 0.0613. The molecule has 1 heterocycles. The molecule has 0 spiro atoms. The SMILES string of the molecule is CC1(c2ccccc2)CN(C(C)(C)C)CCN1. The van der Waals surface area contributed by atoms with E-state index in [2.05, 4.69) is 68.2 Å². The molecular formula is C15H24N2. The molecule has 1 aliphatic rings. The van der Waals surface area contributed by atoms with Gasteiger partial charge < -0.3 is 5.32 Å². The lowest BCUT2D eigenvalue weighted by Gasteiger charge is -2.47. The van der Waals surface area contributed by atoms with Crippen molar-refractivity contribution in [1.82, 2.24) is 10.2 Å². The van der Waals surface area contributed by atoms with Crippen LogP contribution in [0.2, 0.25) is 0 Å². The van der Waals surface area contributed by atoms with Gasteiger partial charge in [0.25, 0.3) is 0 Å². The average molecular weight is 232 g/mol. The third-order valence-electron chi connectivity index (χ3n) is 3.76. The van der Waals surface area contributed by atoms with Crippen molar-refractivity contribution in [3.63, 3.8) is 0 Å². The molecule has 2 heteroatoms. The van der Waals surface area contributed by atoms with E-state index in [4.69, 9.17) is 0 Å². The van der Waals surface area contributed by atoms with Crippen molar-refractivity contribution in [3.8, 4) is 0 Å². The van der Waals surface area contributed by atoms with Gasteiger partial charge in [-0.3, -0.25) is 4.90 Å². The molecule has 1 aliphatic heterocycles. The predicted octanol–water partition coefficient (Wildman–Crippen LogP) is 2.61. The van der Waals surface area contributed by atoms with Gasteiger partial charge >= 0.3 is 0 Å². The van der Waals surface area contributed by atoms with Gasteiger partial charge in [-0.15, -0.1) is 0 Å². The lowest BCUT2D eigenvalue weighted by atomic mass is 9.88. The Bertz CT molecular complexity index is 366. The first kappa shape index (κ1) is 12.6. The zero-order valence-electron chi connectivity index (χ0n) is 11.5. The summed E-state index contributed by atoms with van der Waals surface area (Å²) < 4.78 is 0. The zero-order chi connectivity index (χ0) is 12.5. The Morgan fingerprint density at radius 3 is 2.41 bits per heavy atom. The lowest BCUT2D eigenvalue weighted by Crippen LogP contribution is -2.61. The van der Waals surface area contributed by atoms with E-state index in [1.165, 1.54) is 5.56 Å². The number of nitrogens with one attached hydrogen (secondary N) is 1. The van der Waals surface area contributed by atoms with E-state index in [1.54, 1.807) is 0 Å². The van der Waals surface area contributed by atoms with Crippen molar-refractivity contribution in [2.24, 2.45) is 0 Å². The number of hydrogen-bond acceptors (Lipinski definition) is 2. The van der Waals surface area contributed by atoms with Crippen molar-refractivity contribution in [1.29, 1.82) is 0 Å². The molecule has 1 fully saturated rings. The molecule has 2 rings (SSSR count). The summed E-state index contributed by atoms with van der Waals surface area (Å²) in [4.78, 5) is 2.57. The first-order valence-corrected chi connectivity index (χ1v) is 6.47. The van der Waals surface area contributed by atoms with E-state index in [1.807, 2.05) is 0 Å². The molecule has 1 aromatic rings. The molecule has 0 amide bonds. The monoisotopic (exact) mass is 232 g/mol. The molecule has 1 N–H and O–H groups in total. The fourth-order valence-corrected chi connectivity index (χ4v) is 2.56. The van der Waals surface area contributed by atoms with E-state index in [9.17, 15) is 0 Å². The normalized spacial score (nSPS) is 27.1. The molecule has 0 bridgehead atoms. The van der Waals surface area contributed by atoms with Crippen LogP contribution in [0, 0.1) is 0 Å². The topological polar surface area (TPSA) is 15.3 Å². The summed E-state index contributed by atoms with van der Waals surface area (Å²) in [5.41, 5.74) is 1.71. The molecule has 1 saturated heterocycles. The van der Waals surface area contributed by atoms with Gasteiger partial charge in [0.05, 0.1) is 5.54 Å². The van der Waals surface area contributed by atoms with Crippen LogP contribution in [0.4, 0.5) is 0 Å². The molecule has 0 aromatic heterocycles. The standard InChI is InChI=1S/C15H24N2/c1-14(2,3)17-11-10-16-15(4,12-17)13-8-6-5-7-9-13/h5-9,16H,10-12H2,1-4H3. The Balaban J connectivity index is 2.21. The van der Waals surface area contributed by atoms with Crippen LogP contribution in [0.5, 0.6) is 0 Å². The quantitative estimate of drug-likeness (QED) is 0.800. The van der Waals surface area contributed by atoms with Gasteiger partial charge in [-0.25, -0.2) is 0 Å². The molecular weight excluding hydrogens is 208 g/mol. The van der Waals surface area contributed by atoms with Gasteiger partial charge in [0.1, 0.15) is 0 Å². The summed E-state index contributed by atoms with van der Waals surface area (Å²) in [5, 5.41) is 3.67. The molecule has 2 nitrogen and oxygen atoms in total. The van der Waals surface area contributed by atoms with Crippen LogP contribution in [0.3, 0.4) is 0 Å². The Morgan fingerprint density at radius 2 is 1.82 bits per heavy atom. The second-order valence-corrected chi connectivity index (χ2v) is 6.22. The van der Waals surface area contributed by atoms with Gasteiger partial charge in [0, 0.05) is 25.2 Å². The van der Waals surface area contributed by atoms with E-state index >= 15 is 0 Å². The molecule has 0 radical (unpaired) electrons. The number of nitrogens with zero attached hydrogens (tertiary/aromatic N) is 1. The molecule has 0 aliphatic carbocycles. The Morgan fingerprint density at radius 1 is 1.18 bits per heavy atom. The van der Waals surface area contributed by atoms with Crippen LogP contribution >= 0.6 is 0 Å². The summed E-state index contributed by atoms with van der Waals surface area (Å²) >= 11 is 0. The highest BCUT2D eigenvalue weighted by Crippen LogP contribution is 2.27. The minimum absolute atomic E-state index is 0.0762. The maximum Gasteiger partial charge on any atom is 0.0535 e. The van der Waals surface area contributed by atoms with E-state index < -0.39 is 0 Å². The molecule has 1 aromatic carbocycles. The predicted molar refractivity (Wildman–Crippen MR) is 73.1 cm³/mol. The fourth-order valence-electron chi connectivity index (χ4n) is 2.56. The highest BCUT2D eigenvalue weighted by Gasteiger charge is 2.35. The second kappa shape index (κ2) is 4.43. The van der Waals surface area contributed by atoms with Crippen LogP contribution < -0.4 is 5.32 Å². The van der Waals surface area contributed by atoms with Crippen LogP contribution in [0.15, 0.2) is 30.3 Å². The van der Waals surface area contributed by atoms with Gasteiger partial charge in [-0.1, -0.05) is 30.3 Å². The summed E-state index contributed by atoms with van der Waals surface area (Å²) in [7, 11) is 0. The highest BCUT2D eigenvalue weighted by atomic mass is 15.3. The van der Waals surface area contributed by atoms with Gasteiger partial charge in [0.2, 0.25) is 0 Å². The third kappa shape index (κ3) is 2.70. The van der Waals surface area contributed by atoms with E-state index in [0.717, 1.165) is 19.6 Å². The first-order chi connectivity index (χ1) is 7.92. The maximum absolute atomic E-state index is 3.67. The molecule has 94 valence electrons. The summed E-state index contributed by atoms with van der Waals surface area (Å²) in [6.07, 6.45) is 0. The Labute approximate surface area is 105 Å². The highest BCUT2D eigenvalue weighted by molar-refractivity contribution is 5.25. The van der Waals surface area contributed by atoms with Gasteiger partial charge in [-0.2, -0.15) is 0 Å². The van der Waals surface area contributed by atoms with Crippen LogP contribution in [-0.2, 0) is 5.54 Å². The summed E-state index contributed by atoms with van der Waals surface area (Å²) in [6, 6.07) is 10.8. The zero-order valence-corrected chi connectivity index (χ0v) is 11.5. The maximum atomic E-state index is 3.67. The largest absolute Gasteiger partial charge is 0.305 e. The van der Waals surface area contributed by atoms with Gasteiger partial charge in [0.15, 0.2) is 0 Å². The van der Waals surface area contributed by atoms with Crippen LogP contribution in [0.1, 0.15) is 33.3 Å². The minimum Gasteiger partial charge on any atom is -0.305 e. The number of rotatable bonds is 1. The first-order valence-electron chi connectivity index (χ1n) is 6.47. The molecule has 17 heavy (non-hydrogen) atoms. The van der Waals surface area contributed by atoms with Crippen molar-refractivity contribution in [3.05, 3.63) is 35.9 Å². The fraction of sp³-hybridized carbons (Fsp3) is 0.600. The molecule has 1 unspecified atom stereocenters.